The third kappa shape index (κ3) is 2.88. The van der Waals surface area contributed by atoms with Crippen LogP contribution in [0.3, 0.4) is 0 Å². The molecule has 1 aliphatic rings. The predicted molar refractivity (Wildman–Crippen MR) is 73.3 cm³/mol. The Morgan fingerprint density at radius 3 is 2.44 bits per heavy atom. The van der Waals surface area contributed by atoms with Crippen LogP contribution >= 0.6 is 22.6 Å². The van der Waals surface area contributed by atoms with Gasteiger partial charge in [-0.3, -0.25) is 9.63 Å². The lowest BCUT2D eigenvalue weighted by molar-refractivity contribution is -0.180. The van der Waals surface area contributed by atoms with Crippen molar-refractivity contribution in [3.8, 4) is 0 Å². The summed E-state index contributed by atoms with van der Waals surface area (Å²) in [7, 11) is 1.58. The molecule has 1 saturated heterocycles. The predicted octanol–water partition coefficient (Wildman–Crippen LogP) is 3.03. The van der Waals surface area contributed by atoms with Gasteiger partial charge >= 0.3 is 0 Å². The number of alkyl halides is 1. The van der Waals surface area contributed by atoms with Gasteiger partial charge < -0.3 is 0 Å². The molecule has 0 radical (unpaired) electrons. The van der Waals surface area contributed by atoms with E-state index in [4.69, 9.17) is 4.84 Å². The molecule has 1 fully saturated rings. The Labute approximate surface area is 112 Å². The molecule has 0 aromatic carbocycles. The van der Waals surface area contributed by atoms with Gasteiger partial charge in [-0.1, -0.05) is 50.3 Å². The fraction of sp³-hybridized carbons (Fsp3) is 0.917. The van der Waals surface area contributed by atoms with Gasteiger partial charge in [-0.05, 0) is 18.3 Å². The van der Waals surface area contributed by atoms with Crippen LogP contribution in [0.15, 0.2) is 0 Å². The van der Waals surface area contributed by atoms with Gasteiger partial charge in [-0.25, -0.2) is 5.06 Å². The van der Waals surface area contributed by atoms with E-state index >= 15 is 0 Å². The summed E-state index contributed by atoms with van der Waals surface area (Å²) in [5.74, 6) is 0.145. The minimum Gasteiger partial charge on any atom is -0.274 e. The highest BCUT2D eigenvalue weighted by molar-refractivity contribution is 14.1. The minimum atomic E-state index is -0.260. The Kier molecular flexibility index (Phi) is 4.27. The van der Waals surface area contributed by atoms with Crippen molar-refractivity contribution in [2.24, 2.45) is 10.8 Å². The molecule has 3 nitrogen and oxygen atoms in total. The molecule has 0 unspecified atom stereocenters. The number of amides is 1. The minimum absolute atomic E-state index is 0.145. The van der Waals surface area contributed by atoms with Gasteiger partial charge in [-0.2, -0.15) is 0 Å². The van der Waals surface area contributed by atoms with E-state index in [1.54, 1.807) is 12.2 Å². The topological polar surface area (TPSA) is 29.5 Å². The third-order valence-corrected chi connectivity index (χ3v) is 4.05. The fourth-order valence-electron chi connectivity index (χ4n) is 2.79. The van der Waals surface area contributed by atoms with Crippen LogP contribution in [0.5, 0.6) is 0 Å². The summed E-state index contributed by atoms with van der Waals surface area (Å²) in [6, 6.07) is 0.227. The van der Waals surface area contributed by atoms with E-state index in [1.165, 1.54) is 0 Å². The van der Waals surface area contributed by atoms with Crippen LogP contribution in [0.25, 0.3) is 0 Å². The van der Waals surface area contributed by atoms with Crippen molar-refractivity contribution in [3.63, 3.8) is 0 Å². The van der Waals surface area contributed by atoms with Crippen molar-refractivity contribution in [1.29, 1.82) is 0 Å². The first kappa shape index (κ1) is 14.2. The van der Waals surface area contributed by atoms with E-state index in [2.05, 4.69) is 50.3 Å². The third-order valence-electron chi connectivity index (χ3n) is 3.03. The summed E-state index contributed by atoms with van der Waals surface area (Å²) in [5.41, 5.74) is -0.0892. The second-order valence-corrected chi connectivity index (χ2v) is 7.00. The molecule has 0 aromatic heterocycles. The van der Waals surface area contributed by atoms with Crippen LogP contribution in [0.2, 0.25) is 0 Å². The first-order valence-corrected chi connectivity index (χ1v) is 7.20. The molecule has 0 aliphatic carbocycles. The van der Waals surface area contributed by atoms with E-state index in [1.807, 2.05) is 0 Å². The highest BCUT2D eigenvalue weighted by atomic mass is 127. The van der Waals surface area contributed by atoms with Crippen molar-refractivity contribution in [2.45, 2.75) is 46.6 Å². The van der Waals surface area contributed by atoms with E-state index in [0.29, 0.717) is 0 Å². The molecular formula is C12H22INO2. The Morgan fingerprint density at radius 1 is 1.56 bits per heavy atom. The summed E-state index contributed by atoms with van der Waals surface area (Å²) in [5, 5.41) is 1.57. The van der Waals surface area contributed by atoms with E-state index in [0.717, 1.165) is 17.3 Å². The van der Waals surface area contributed by atoms with Crippen LogP contribution in [0, 0.1) is 10.8 Å². The molecule has 0 N–H and O–H groups in total. The molecule has 16 heavy (non-hydrogen) atoms. The van der Waals surface area contributed by atoms with Gasteiger partial charge in [0.25, 0.3) is 5.91 Å². The number of halogens is 1. The largest absolute Gasteiger partial charge is 0.274 e. The number of nitrogens with zero attached hydrogens (tertiary/aromatic N) is 1. The number of hydrogen-bond acceptors (Lipinski definition) is 2. The SMILES string of the molecule is CON1C(=O)[C@@](C)(CC(C)(C)C)C[C@H]1CI. The number of hydroxylamine groups is 2. The zero-order valence-corrected chi connectivity index (χ0v) is 13.0. The summed E-state index contributed by atoms with van der Waals surface area (Å²) in [6.45, 7) is 8.61. The van der Waals surface area contributed by atoms with Gasteiger partial charge in [0, 0.05) is 4.43 Å². The molecule has 94 valence electrons. The van der Waals surface area contributed by atoms with Crippen LogP contribution in [0.1, 0.15) is 40.5 Å². The standard InChI is InChI=1S/C12H22INO2/c1-11(2,3)8-12(4)6-9(7-13)14(16-5)10(12)15/h9H,6-8H2,1-5H3/t9-,12+/m0/s1. The van der Waals surface area contributed by atoms with Crippen LogP contribution in [-0.4, -0.2) is 28.5 Å². The zero-order valence-electron chi connectivity index (χ0n) is 10.8. The van der Waals surface area contributed by atoms with Crippen molar-refractivity contribution in [3.05, 3.63) is 0 Å². The van der Waals surface area contributed by atoms with E-state index in [-0.39, 0.29) is 22.8 Å². The molecule has 2 atom stereocenters. The molecule has 0 spiro atoms. The summed E-state index contributed by atoms with van der Waals surface area (Å²) < 4.78 is 0.928. The first-order chi connectivity index (χ1) is 7.23. The highest BCUT2D eigenvalue weighted by Gasteiger charge is 2.50. The molecule has 0 bridgehead atoms. The Balaban J connectivity index is 2.87. The lowest BCUT2D eigenvalue weighted by Gasteiger charge is -2.30. The van der Waals surface area contributed by atoms with Gasteiger partial charge in [0.1, 0.15) is 0 Å². The van der Waals surface area contributed by atoms with Crippen molar-refractivity contribution in [2.75, 3.05) is 11.5 Å². The normalized spacial score (nSPS) is 31.2. The summed E-state index contributed by atoms with van der Waals surface area (Å²) in [4.78, 5) is 17.5. The molecule has 0 saturated carbocycles. The van der Waals surface area contributed by atoms with Crippen molar-refractivity contribution < 1.29 is 9.63 Å². The van der Waals surface area contributed by atoms with E-state index in [9.17, 15) is 4.79 Å². The van der Waals surface area contributed by atoms with Crippen molar-refractivity contribution >= 4 is 28.5 Å². The quantitative estimate of drug-likeness (QED) is 0.584. The maximum Gasteiger partial charge on any atom is 0.252 e. The molecule has 1 heterocycles. The molecule has 4 heteroatoms. The smallest absolute Gasteiger partial charge is 0.252 e. The van der Waals surface area contributed by atoms with Gasteiger partial charge in [0.15, 0.2) is 0 Å². The lowest BCUT2D eigenvalue weighted by atomic mass is 9.73. The Morgan fingerprint density at radius 2 is 2.12 bits per heavy atom. The number of carbonyl (C=O) groups excluding carboxylic acids is 1. The lowest BCUT2D eigenvalue weighted by Crippen LogP contribution is -2.37. The van der Waals surface area contributed by atoms with Gasteiger partial charge in [0.05, 0.1) is 18.6 Å². The van der Waals surface area contributed by atoms with Crippen molar-refractivity contribution in [1.82, 2.24) is 5.06 Å². The van der Waals surface area contributed by atoms with Gasteiger partial charge in [0.2, 0.25) is 0 Å². The average molecular weight is 339 g/mol. The molecule has 1 rings (SSSR count). The second kappa shape index (κ2) is 4.80. The zero-order chi connectivity index (χ0) is 12.6. The number of rotatable bonds is 3. The summed E-state index contributed by atoms with van der Waals surface area (Å²) >= 11 is 2.32. The van der Waals surface area contributed by atoms with Crippen LogP contribution in [-0.2, 0) is 9.63 Å². The highest BCUT2D eigenvalue weighted by Crippen LogP contribution is 2.44. The maximum absolute atomic E-state index is 12.3. The summed E-state index contributed by atoms with van der Waals surface area (Å²) in [6.07, 6.45) is 1.81. The molecule has 0 aromatic rings. The number of hydrogen-bond donors (Lipinski definition) is 0. The second-order valence-electron chi connectivity index (χ2n) is 6.12. The molecular weight excluding hydrogens is 317 g/mol. The maximum atomic E-state index is 12.3. The van der Waals surface area contributed by atoms with E-state index < -0.39 is 0 Å². The Hall–Kier alpha value is 0.160. The molecule has 1 aliphatic heterocycles. The van der Waals surface area contributed by atoms with Crippen LogP contribution in [0.4, 0.5) is 0 Å². The Bertz CT molecular complexity index is 275. The average Bonchev–Trinajstić information content (AvgIpc) is 2.36. The monoisotopic (exact) mass is 339 g/mol. The number of carbonyl (C=O) groups is 1. The van der Waals surface area contributed by atoms with Crippen LogP contribution < -0.4 is 0 Å². The van der Waals surface area contributed by atoms with Gasteiger partial charge in [-0.15, -0.1) is 0 Å². The molecule has 1 amide bonds. The fourth-order valence-corrected chi connectivity index (χ4v) is 3.46. The first-order valence-electron chi connectivity index (χ1n) is 5.67.